The summed E-state index contributed by atoms with van der Waals surface area (Å²) >= 11 is 6.02. The van der Waals surface area contributed by atoms with Gasteiger partial charge >= 0.3 is 0 Å². The van der Waals surface area contributed by atoms with E-state index < -0.39 is 0 Å². The molecule has 3 heteroatoms. The first-order valence-electron chi connectivity index (χ1n) is 4.26. The van der Waals surface area contributed by atoms with E-state index in [1.54, 1.807) is 0 Å². The summed E-state index contributed by atoms with van der Waals surface area (Å²) in [4.78, 5) is 0. The summed E-state index contributed by atoms with van der Waals surface area (Å²) in [7, 11) is 0. The summed E-state index contributed by atoms with van der Waals surface area (Å²) in [5, 5.41) is 9.72. The second-order valence-corrected chi connectivity index (χ2v) is 3.55. The Morgan fingerprint density at radius 1 is 1.54 bits per heavy atom. The fourth-order valence-electron chi connectivity index (χ4n) is 1.26. The van der Waals surface area contributed by atoms with Crippen molar-refractivity contribution in [2.75, 3.05) is 13.2 Å². The average Bonchev–Trinajstić information content (AvgIpc) is 2.10. The van der Waals surface area contributed by atoms with Crippen LogP contribution in [0.4, 0.5) is 0 Å². The van der Waals surface area contributed by atoms with Gasteiger partial charge in [-0.2, -0.15) is 0 Å². The van der Waals surface area contributed by atoms with E-state index in [1.165, 1.54) is 0 Å². The lowest BCUT2D eigenvalue weighted by Gasteiger charge is -2.13. The number of nitrogens with two attached hydrogens (primary N) is 1. The monoisotopic (exact) mass is 199 g/mol. The summed E-state index contributed by atoms with van der Waals surface area (Å²) in [6.45, 7) is 2.44. The molecule has 1 unspecified atom stereocenters. The van der Waals surface area contributed by atoms with E-state index >= 15 is 0 Å². The van der Waals surface area contributed by atoms with E-state index in [0.717, 1.165) is 11.1 Å². The van der Waals surface area contributed by atoms with Gasteiger partial charge in [0.05, 0.1) is 6.61 Å². The van der Waals surface area contributed by atoms with Gasteiger partial charge in [-0.1, -0.05) is 23.7 Å². The maximum absolute atomic E-state index is 9.03. The van der Waals surface area contributed by atoms with E-state index in [0.29, 0.717) is 11.6 Å². The highest BCUT2D eigenvalue weighted by atomic mass is 35.5. The number of aliphatic hydroxyl groups excluding tert-OH is 1. The molecule has 0 bridgehead atoms. The van der Waals surface area contributed by atoms with Crippen molar-refractivity contribution in [2.45, 2.75) is 12.8 Å². The van der Waals surface area contributed by atoms with Crippen LogP contribution in [0.5, 0.6) is 0 Å². The highest BCUT2D eigenvalue weighted by molar-refractivity contribution is 6.31. The molecule has 0 heterocycles. The molecule has 1 aromatic carbocycles. The summed E-state index contributed by atoms with van der Waals surface area (Å²) < 4.78 is 0. The van der Waals surface area contributed by atoms with Crippen molar-refractivity contribution in [2.24, 2.45) is 5.73 Å². The van der Waals surface area contributed by atoms with Gasteiger partial charge in [-0.25, -0.2) is 0 Å². The van der Waals surface area contributed by atoms with Crippen LogP contribution in [0.15, 0.2) is 18.2 Å². The molecule has 1 rings (SSSR count). The maximum atomic E-state index is 9.03. The fourth-order valence-corrected chi connectivity index (χ4v) is 1.65. The minimum atomic E-state index is -0.0481. The van der Waals surface area contributed by atoms with Crippen molar-refractivity contribution in [3.63, 3.8) is 0 Å². The Hall–Kier alpha value is -0.570. The van der Waals surface area contributed by atoms with E-state index in [-0.39, 0.29) is 12.5 Å². The van der Waals surface area contributed by atoms with Gasteiger partial charge in [0.25, 0.3) is 0 Å². The zero-order valence-electron chi connectivity index (χ0n) is 7.63. The molecule has 0 spiro atoms. The largest absolute Gasteiger partial charge is 0.396 e. The minimum Gasteiger partial charge on any atom is -0.396 e. The van der Waals surface area contributed by atoms with E-state index in [2.05, 4.69) is 0 Å². The van der Waals surface area contributed by atoms with Crippen LogP contribution >= 0.6 is 11.6 Å². The molecular formula is C10H14ClNO. The van der Waals surface area contributed by atoms with Gasteiger partial charge in [0.1, 0.15) is 0 Å². The normalized spacial score (nSPS) is 12.9. The van der Waals surface area contributed by atoms with Crippen LogP contribution in [-0.2, 0) is 0 Å². The van der Waals surface area contributed by atoms with Crippen molar-refractivity contribution >= 4 is 11.6 Å². The number of rotatable bonds is 3. The van der Waals surface area contributed by atoms with Crippen LogP contribution in [0.3, 0.4) is 0 Å². The first kappa shape index (κ1) is 10.5. The molecule has 0 aliphatic heterocycles. The molecule has 1 atom stereocenters. The first-order valence-corrected chi connectivity index (χ1v) is 4.63. The van der Waals surface area contributed by atoms with Gasteiger partial charge in [0.2, 0.25) is 0 Å². The number of aliphatic hydroxyl groups is 1. The zero-order chi connectivity index (χ0) is 9.84. The summed E-state index contributed by atoms with van der Waals surface area (Å²) in [5.74, 6) is -0.0481. The SMILES string of the molecule is Cc1ccc(C(CN)CO)c(Cl)c1. The second kappa shape index (κ2) is 4.61. The molecule has 0 saturated carbocycles. The molecular weight excluding hydrogens is 186 g/mol. The Balaban J connectivity index is 2.99. The van der Waals surface area contributed by atoms with Gasteiger partial charge in [-0.15, -0.1) is 0 Å². The Morgan fingerprint density at radius 2 is 2.23 bits per heavy atom. The van der Waals surface area contributed by atoms with Crippen LogP contribution in [0, 0.1) is 6.92 Å². The lowest BCUT2D eigenvalue weighted by atomic mass is 9.99. The smallest absolute Gasteiger partial charge is 0.0512 e. The quantitative estimate of drug-likeness (QED) is 0.778. The van der Waals surface area contributed by atoms with E-state index in [1.807, 2.05) is 25.1 Å². The molecule has 0 radical (unpaired) electrons. The Bertz CT molecular complexity index is 284. The molecule has 0 amide bonds. The average molecular weight is 200 g/mol. The van der Waals surface area contributed by atoms with E-state index in [9.17, 15) is 0 Å². The second-order valence-electron chi connectivity index (χ2n) is 3.14. The molecule has 13 heavy (non-hydrogen) atoms. The van der Waals surface area contributed by atoms with Crippen LogP contribution < -0.4 is 5.73 Å². The Labute approximate surface area is 83.3 Å². The lowest BCUT2D eigenvalue weighted by molar-refractivity contribution is 0.268. The summed E-state index contributed by atoms with van der Waals surface area (Å²) in [5.41, 5.74) is 7.55. The fraction of sp³-hybridized carbons (Fsp3) is 0.400. The van der Waals surface area contributed by atoms with Crippen molar-refractivity contribution in [3.8, 4) is 0 Å². The van der Waals surface area contributed by atoms with Crippen molar-refractivity contribution in [1.29, 1.82) is 0 Å². The van der Waals surface area contributed by atoms with E-state index in [4.69, 9.17) is 22.4 Å². The number of hydrogen-bond donors (Lipinski definition) is 2. The zero-order valence-corrected chi connectivity index (χ0v) is 8.38. The molecule has 0 aromatic heterocycles. The number of benzene rings is 1. The maximum Gasteiger partial charge on any atom is 0.0512 e. The number of halogens is 1. The molecule has 72 valence electrons. The van der Waals surface area contributed by atoms with Crippen LogP contribution in [0.1, 0.15) is 17.0 Å². The van der Waals surface area contributed by atoms with Crippen LogP contribution in [0.25, 0.3) is 0 Å². The van der Waals surface area contributed by atoms with Gasteiger partial charge in [0.15, 0.2) is 0 Å². The van der Waals surface area contributed by atoms with Gasteiger partial charge in [-0.05, 0) is 24.1 Å². The van der Waals surface area contributed by atoms with Crippen molar-refractivity contribution in [1.82, 2.24) is 0 Å². The first-order chi connectivity index (χ1) is 6.19. The highest BCUT2D eigenvalue weighted by Gasteiger charge is 2.11. The molecule has 0 aliphatic carbocycles. The molecule has 2 nitrogen and oxygen atoms in total. The number of hydrogen-bond acceptors (Lipinski definition) is 2. The van der Waals surface area contributed by atoms with Crippen molar-refractivity contribution in [3.05, 3.63) is 34.3 Å². The van der Waals surface area contributed by atoms with Crippen LogP contribution in [-0.4, -0.2) is 18.3 Å². The predicted octanol–water partition coefficient (Wildman–Crippen LogP) is 1.68. The van der Waals surface area contributed by atoms with Gasteiger partial charge in [0, 0.05) is 17.5 Å². The van der Waals surface area contributed by atoms with Gasteiger partial charge < -0.3 is 10.8 Å². The molecule has 1 aromatic rings. The highest BCUT2D eigenvalue weighted by Crippen LogP contribution is 2.24. The summed E-state index contributed by atoms with van der Waals surface area (Å²) in [6, 6.07) is 5.78. The lowest BCUT2D eigenvalue weighted by Crippen LogP contribution is -2.16. The minimum absolute atomic E-state index is 0.0410. The summed E-state index contributed by atoms with van der Waals surface area (Å²) in [6.07, 6.45) is 0. The third-order valence-electron chi connectivity index (χ3n) is 2.10. The van der Waals surface area contributed by atoms with Gasteiger partial charge in [-0.3, -0.25) is 0 Å². The van der Waals surface area contributed by atoms with Crippen molar-refractivity contribution < 1.29 is 5.11 Å². The Morgan fingerprint density at radius 3 is 2.69 bits per heavy atom. The molecule has 3 N–H and O–H groups in total. The van der Waals surface area contributed by atoms with Crippen LogP contribution in [0.2, 0.25) is 5.02 Å². The molecule has 0 fully saturated rings. The Kier molecular flexibility index (Phi) is 3.72. The third-order valence-corrected chi connectivity index (χ3v) is 2.43. The molecule has 0 aliphatic rings. The third kappa shape index (κ3) is 2.44. The number of aryl methyl sites for hydroxylation is 1. The molecule has 0 saturated heterocycles. The predicted molar refractivity (Wildman–Crippen MR) is 55.1 cm³/mol. The topological polar surface area (TPSA) is 46.2 Å². The standard InChI is InChI=1S/C10H14ClNO/c1-7-2-3-9(10(11)4-7)8(5-12)6-13/h2-4,8,13H,5-6,12H2,1H3.